The number of aliphatic hydroxyl groups is 1. The minimum atomic E-state index is -0.816. The number of hydrogen-bond acceptors (Lipinski definition) is 7. The Labute approximate surface area is 180 Å². The number of anilines is 1. The number of fused-ring (bicyclic) bond motifs is 1. The van der Waals surface area contributed by atoms with Crippen molar-refractivity contribution in [2.24, 2.45) is 5.92 Å². The van der Waals surface area contributed by atoms with Crippen molar-refractivity contribution < 1.29 is 29.3 Å². The van der Waals surface area contributed by atoms with E-state index in [0.717, 1.165) is 6.54 Å². The van der Waals surface area contributed by atoms with E-state index in [2.05, 4.69) is 10.2 Å². The van der Waals surface area contributed by atoms with Crippen LogP contribution in [0.15, 0.2) is 6.07 Å². The first-order valence-electron chi connectivity index (χ1n) is 10.1. The van der Waals surface area contributed by atoms with Crippen LogP contribution in [0.1, 0.15) is 36.0 Å². The van der Waals surface area contributed by atoms with Gasteiger partial charge in [0.1, 0.15) is 5.02 Å². The molecule has 2 atom stereocenters. The zero-order chi connectivity index (χ0) is 21.7. The summed E-state index contributed by atoms with van der Waals surface area (Å²) in [6, 6.07) is 1.48. The molecule has 166 valence electrons. The van der Waals surface area contributed by atoms with Gasteiger partial charge in [0.05, 0.1) is 30.6 Å². The number of halogens is 1. The number of carbonyl (C=O) groups is 2. The molecule has 1 amide bonds. The van der Waals surface area contributed by atoms with Crippen LogP contribution in [0.5, 0.6) is 11.5 Å². The van der Waals surface area contributed by atoms with Gasteiger partial charge in [-0.1, -0.05) is 11.6 Å². The minimum absolute atomic E-state index is 0.0925. The molecule has 10 heteroatoms. The van der Waals surface area contributed by atoms with E-state index in [-0.39, 0.29) is 46.0 Å². The lowest BCUT2D eigenvalue weighted by Crippen LogP contribution is -2.47. The second-order valence-electron chi connectivity index (χ2n) is 7.66. The summed E-state index contributed by atoms with van der Waals surface area (Å²) in [6.45, 7) is 2.98. The number of carbonyl (C=O) groups excluding carboxylic acids is 1. The van der Waals surface area contributed by atoms with Crippen molar-refractivity contribution in [2.75, 3.05) is 45.1 Å². The molecular weight excluding hydrogens is 414 g/mol. The average molecular weight is 442 g/mol. The van der Waals surface area contributed by atoms with Crippen molar-refractivity contribution in [2.45, 2.75) is 31.8 Å². The predicted molar refractivity (Wildman–Crippen MR) is 111 cm³/mol. The largest absolute Gasteiger partial charge is 0.489 e. The van der Waals surface area contributed by atoms with E-state index in [9.17, 15) is 14.7 Å². The summed E-state index contributed by atoms with van der Waals surface area (Å²) in [5, 5.41) is 22.3. The van der Waals surface area contributed by atoms with Crippen LogP contribution in [0.25, 0.3) is 0 Å². The van der Waals surface area contributed by atoms with E-state index in [4.69, 9.17) is 31.9 Å². The average Bonchev–Trinajstić information content (AvgIpc) is 2.96. The molecule has 1 aromatic carbocycles. The van der Waals surface area contributed by atoms with Gasteiger partial charge in [-0.25, -0.2) is 0 Å². The van der Waals surface area contributed by atoms with Crippen LogP contribution >= 0.6 is 11.6 Å². The monoisotopic (exact) mass is 441 g/mol. The highest BCUT2D eigenvalue weighted by atomic mass is 35.5. The molecule has 1 aromatic rings. The normalized spacial score (nSPS) is 21.7. The van der Waals surface area contributed by atoms with Crippen molar-refractivity contribution >= 4 is 29.2 Å². The molecule has 30 heavy (non-hydrogen) atoms. The Balaban J connectivity index is 1.57. The number of rotatable bonds is 7. The first-order valence-corrected chi connectivity index (χ1v) is 10.5. The maximum Gasteiger partial charge on any atom is 0.303 e. The lowest BCUT2D eigenvalue weighted by Gasteiger charge is -2.36. The Morgan fingerprint density at radius 1 is 1.30 bits per heavy atom. The van der Waals surface area contributed by atoms with Crippen molar-refractivity contribution in [1.29, 1.82) is 0 Å². The summed E-state index contributed by atoms with van der Waals surface area (Å²) < 4.78 is 11.3. The number of aliphatic carboxylic acids is 1. The highest BCUT2D eigenvalue weighted by Gasteiger charge is 2.29. The third kappa shape index (κ3) is 5.47. The Kier molecular flexibility index (Phi) is 7.63. The number of nitrogen functional groups attached to an aromatic ring is 1. The number of piperidine rings is 1. The van der Waals surface area contributed by atoms with E-state index in [1.165, 1.54) is 6.07 Å². The van der Waals surface area contributed by atoms with Gasteiger partial charge in [0, 0.05) is 31.8 Å². The summed E-state index contributed by atoms with van der Waals surface area (Å²) in [7, 11) is 0. The van der Waals surface area contributed by atoms with E-state index >= 15 is 0 Å². The molecule has 2 aliphatic rings. The molecule has 3 rings (SSSR count). The fourth-order valence-corrected chi connectivity index (χ4v) is 3.94. The summed E-state index contributed by atoms with van der Waals surface area (Å²) in [4.78, 5) is 25.5. The SMILES string of the molecule is Nc1cc(C(=O)NC[C@@H]2CCN(CCCC(=O)O)CC2O)c2c(c1Cl)OCCCO2. The topological polar surface area (TPSA) is 134 Å². The molecule has 1 fully saturated rings. The maximum absolute atomic E-state index is 12.8. The van der Waals surface area contributed by atoms with Gasteiger partial charge in [0.15, 0.2) is 11.5 Å². The summed E-state index contributed by atoms with van der Waals surface area (Å²) >= 11 is 6.21. The number of ether oxygens (including phenoxy) is 2. The lowest BCUT2D eigenvalue weighted by atomic mass is 9.93. The van der Waals surface area contributed by atoms with Crippen LogP contribution in [-0.4, -0.2) is 72.5 Å². The Morgan fingerprint density at radius 3 is 2.73 bits per heavy atom. The van der Waals surface area contributed by atoms with Crippen molar-refractivity contribution in [3.05, 3.63) is 16.7 Å². The molecule has 0 bridgehead atoms. The zero-order valence-electron chi connectivity index (χ0n) is 16.7. The Bertz CT molecular complexity index is 790. The molecule has 2 aliphatic heterocycles. The van der Waals surface area contributed by atoms with Gasteiger partial charge < -0.3 is 35.6 Å². The smallest absolute Gasteiger partial charge is 0.303 e. The molecule has 0 aromatic heterocycles. The Morgan fingerprint density at radius 2 is 2.03 bits per heavy atom. The van der Waals surface area contributed by atoms with E-state index in [1.807, 2.05) is 0 Å². The van der Waals surface area contributed by atoms with Gasteiger partial charge in [-0.2, -0.15) is 0 Å². The number of hydrogen-bond donors (Lipinski definition) is 4. The maximum atomic E-state index is 12.8. The molecule has 9 nitrogen and oxygen atoms in total. The fourth-order valence-electron chi connectivity index (χ4n) is 3.75. The molecule has 0 saturated carbocycles. The number of nitrogens with zero attached hydrogens (tertiary/aromatic N) is 1. The standard InChI is InChI=1S/C20H28ClN3O6/c21-17-14(22)9-13(18-19(17)30-8-2-7-29-18)20(28)23-10-12-4-6-24(11-15(12)25)5-1-3-16(26)27/h9,12,15,25H,1-8,10-11,22H2,(H,23,28)(H,26,27)/t12-,15?/m0/s1. The van der Waals surface area contributed by atoms with Crippen LogP contribution in [0.3, 0.4) is 0 Å². The molecule has 0 aliphatic carbocycles. The fraction of sp³-hybridized carbons (Fsp3) is 0.600. The highest BCUT2D eigenvalue weighted by molar-refractivity contribution is 6.35. The van der Waals surface area contributed by atoms with E-state index < -0.39 is 12.1 Å². The van der Waals surface area contributed by atoms with Gasteiger partial charge in [0.2, 0.25) is 0 Å². The van der Waals surface area contributed by atoms with Crippen LogP contribution in [0, 0.1) is 5.92 Å². The van der Waals surface area contributed by atoms with Gasteiger partial charge in [-0.15, -0.1) is 0 Å². The Hall–Kier alpha value is -2.23. The number of likely N-dealkylation sites (tertiary alicyclic amines) is 1. The van der Waals surface area contributed by atoms with Crippen LogP contribution in [-0.2, 0) is 4.79 Å². The number of benzene rings is 1. The third-order valence-corrected chi connectivity index (χ3v) is 5.81. The number of amides is 1. The van der Waals surface area contributed by atoms with Crippen molar-refractivity contribution in [3.8, 4) is 11.5 Å². The van der Waals surface area contributed by atoms with Crippen LogP contribution in [0.2, 0.25) is 5.02 Å². The highest BCUT2D eigenvalue weighted by Crippen LogP contribution is 2.43. The summed E-state index contributed by atoms with van der Waals surface area (Å²) in [5.41, 5.74) is 6.43. The number of nitrogens with two attached hydrogens (primary N) is 1. The van der Waals surface area contributed by atoms with E-state index in [0.29, 0.717) is 52.1 Å². The summed E-state index contributed by atoms with van der Waals surface area (Å²) in [5.74, 6) is -0.698. The molecule has 2 heterocycles. The molecule has 0 spiro atoms. The van der Waals surface area contributed by atoms with Crippen LogP contribution < -0.4 is 20.5 Å². The molecular formula is C20H28ClN3O6. The third-order valence-electron chi connectivity index (χ3n) is 5.42. The number of nitrogens with one attached hydrogen (secondary N) is 1. The minimum Gasteiger partial charge on any atom is -0.489 e. The van der Waals surface area contributed by atoms with Gasteiger partial charge in [-0.3, -0.25) is 9.59 Å². The second-order valence-corrected chi connectivity index (χ2v) is 8.04. The summed E-state index contributed by atoms with van der Waals surface area (Å²) in [6.07, 6.45) is 1.44. The molecule has 5 N–H and O–H groups in total. The van der Waals surface area contributed by atoms with Gasteiger partial charge in [0.25, 0.3) is 5.91 Å². The second kappa shape index (κ2) is 10.2. The number of carboxylic acid groups (broad SMARTS) is 1. The number of carboxylic acids is 1. The molecule has 0 radical (unpaired) electrons. The predicted octanol–water partition coefficient (Wildman–Crippen LogP) is 1.36. The van der Waals surface area contributed by atoms with Crippen molar-refractivity contribution in [1.82, 2.24) is 10.2 Å². The first-order chi connectivity index (χ1) is 14.4. The zero-order valence-corrected chi connectivity index (χ0v) is 17.5. The van der Waals surface area contributed by atoms with Crippen LogP contribution in [0.4, 0.5) is 5.69 Å². The molecule has 1 saturated heterocycles. The quantitative estimate of drug-likeness (QED) is 0.466. The van der Waals surface area contributed by atoms with Gasteiger partial charge >= 0.3 is 5.97 Å². The number of β-amino-alcohol motifs (C(OH)–C–C–N with tert-alkyl or cyclic N) is 1. The van der Waals surface area contributed by atoms with E-state index in [1.54, 1.807) is 0 Å². The number of aliphatic hydroxyl groups excluding tert-OH is 1. The van der Waals surface area contributed by atoms with Crippen molar-refractivity contribution in [3.63, 3.8) is 0 Å². The first kappa shape index (κ1) is 22.5. The van der Waals surface area contributed by atoms with Gasteiger partial charge in [-0.05, 0) is 32.0 Å². The lowest BCUT2D eigenvalue weighted by molar-refractivity contribution is -0.137. The molecule has 1 unspecified atom stereocenters.